The second kappa shape index (κ2) is 6.25. The lowest BCUT2D eigenvalue weighted by Gasteiger charge is -2.07. The maximum Gasteiger partial charge on any atom is 0.337 e. The van der Waals surface area contributed by atoms with Crippen molar-refractivity contribution < 1.29 is 14.3 Å². The van der Waals surface area contributed by atoms with E-state index in [4.69, 9.17) is 21.1 Å². The summed E-state index contributed by atoms with van der Waals surface area (Å²) in [5.74, 6) is 1.66. The molecular weight excluding hydrogens is 312 g/mol. The molecule has 3 nitrogen and oxygen atoms in total. The Morgan fingerprint density at radius 3 is 2.52 bits per heavy atom. The quantitative estimate of drug-likeness (QED) is 0.765. The van der Waals surface area contributed by atoms with Crippen molar-refractivity contribution in [1.29, 1.82) is 0 Å². The minimum atomic E-state index is -0.306. The van der Waals surface area contributed by atoms with Crippen molar-refractivity contribution >= 4 is 17.6 Å². The average Bonchev–Trinajstić information content (AvgIpc) is 3.24. The summed E-state index contributed by atoms with van der Waals surface area (Å²) in [4.78, 5) is 11.7. The summed E-state index contributed by atoms with van der Waals surface area (Å²) in [6.45, 7) is 2.21. The number of hydrogen-bond acceptors (Lipinski definition) is 3. The third kappa shape index (κ3) is 2.93. The number of hydrogen-bond donors (Lipinski definition) is 0. The van der Waals surface area contributed by atoms with Gasteiger partial charge < -0.3 is 9.47 Å². The highest BCUT2D eigenvalue weighted by atomic mass is 35.5. The minimum absolute atomic E-state index is 0.306. The van der Waals surface area contributed by atoms with Crippen molar-refractivity contribution in [2.45, 2.75) is 18.8 Å². The fourth-order valence-corrected chi connectivity index (χ4v) is 3.64. The first-order valence-corrected chi connectivity index (χ1v) is 7.96. The van der Waals surface area contributed by atoms with E-state index in [1.807, 2.05) is 30.3 Å². The van der Waals surface area contributed by atoms with Gasteiger partial charge in [-0.25, -0.2) is 4.79 Å². The van der Waals surface area contributed by atoms with Crippen molar-refractivity contribution in [2.24, 2.45) is 5.92 Å². The molecule has 0 saturated heterocycles. The molecule has 3 rings (SSSR count). The lowest BCUT2D eigenvalue weighted by atomic mass is 10.0. The normalized spacial score (nSPS) is 22.5. The number of halogens is 1. The monoisotopic (exact) mass is 330 g/mol. The number of ether oxygens (including phenoxy) is 2. The number of esters is 1. The highest BCUT2D eigenvalue weighted by Gasteiger charge is 2.49. The zero-order chi connectivity index (χ0) is 16.6. The fraction of sp³-hybridized carbons (Fsp3) is 0.316. The Morgan fingerprint density at radius 1 is 1.09 bits per heavy atom. The number of methoxy groups -OCH3 is 2. The Kier molecular flexibility index (Phi) is 4.31. The van der Waals surface area contributed by atoms with Crippen LogP contribution in [-0.2, 0) is 4.74 Å². The summed E-state index contributed by atoms with van der Waals surface area (Å²) in [7, 11) is 3.03. The van der Waals surface area contributed by atoms with Crippen molar-refractivity contribution in [3.8, 4) is 5.75 Å². The molecule has 2 aromatic carbocycles. The van der Waals surface area contributed by atoms with Gasteiger partial charge in [-0.1, -0.05) is 36.7 Å². The fourth-order valence-electron chi connectivity index (χ4n) is 3.35. The molecule has 1 aliphatic carbocycles. The second-order valence-electron chi connectivity index (χ2n) is 5.92. The molecule has 3 unspecified atom stereocenters. The van der Waals surface area contributed by atoms with Crippen LogP contribution in [0.25, 0.3) is 0 Å². The van der Waals surface area contributed by atoms with Gasteiger partial charge in [0.05, 0.1) is 19.8 Å². The molecule has 0 spiro atoms. The van der Waals surface area contributed by atoms with Gasteiger partial charge in [-0.2, -0.15) is 0 Å². The predicted octanol–water partition coefficient (Wildman–Crippen LogP) is 4.65. The summed E-state index contributed by atoms with van der Waals surface area (Å²) in [6.07, 6.45) is 0. The van der Waals surface area contributed by atoms with Crippen molar-refractivity contribution in [3.05, 3.63) is 64.2 Å². The van der Waals surface area contributed by atoms with Crippen LogP contribution in [0.5, 0.6) is 5.75 Å². The first-order valence-electron chi connectivity index (χ1n) is 7.58. The molecule has 1 fully saturated rings. The van der Waals surface area contributed by atoms with E-state index in [1.54, 1.807) is 13.2 Å². The van der Waals surface area contributed by atoms with Crippen LogP contribution in [0.4, 0.5) is 0 Å². The third-order valence-corrected chi connectivity index (χ3v) is 4.97. The van der Waals surface area contributed by atoms with Crippen LogP contribution in [0.1, 0.15) is 40.2 Å². The first kappa shape index (κ1) is 15.9. The van der Waals surface area contributed by atoms with E-state index in [-0.39, 0.29) is 5.97 Å². The molecule has 0 radical (unpaired) electrons. The Hall–Kier alpha value is -2.00. The SMILES string of the molecule is COC(=O)c1cccc(C2C(C)C2c2ccc(OC)cc2Cl)c1. The molecule has 0 aromatic heterocycles. The molecule has 0 aliphatic heterocycles. The lowest BCUT2D eigenvalue weighted by Crippen LogP contribution is -2.01. The van der Waals surface area contributed by atoms with E-state index < -0.39 is 0 Å². The van der Waals surface area contributed by atoms with Crippen molar-refractivity contribution in [3.63, 3.8) is 0 Å². The molecule has 0 N–H and O–H groups in total. The summed E-state index contributed by atoms with van der Waals surface area (Å²) in [5, 5.41) is 0.729. The van der Waals surface area contributed by atoms with Gasteiger partial charge in [-0.3, -0.25) is 0 Å². The van der Waals surface area contributed by atoms with E-state index >= 15 is 0 Å². The minimum Gasteiger partial charge on any atom is -0.497 e. The van der Waals surface area contributed by atoms with E-state index in [0.29, 0.717) is 23.3 Å². The highest BCUT2D eigenvalue weighted by molar-refractivity contribution is 6.31. The Balaban J connectivity index is 1.88. The molecule has 0 heterocycles. The lowest BCUT2D eigenvalue weighted by molar-refractivity contribution is 0.0600. The molecule has 0 bridgehead atoms. The Morgan fingerprint density at radius 2 is 1.87 bits per heavy atom. The smallest absolute Gasteiger partial charge is 0.337 e. The van der Waals surface area contributed by atoms with Gasteiger partial charge >= 0.3 is 5.97 Å². The predicted molar refractivity (Wildman–Crippen MR) is 90.4 cm³/mol. The van der Waals surface area contributed by atoms with Gasteiger partial charge in [0, 0.05) is 5.02 Å². The van der Waals surface area contributed by atoms with Crippen molar-refractivity contribution in [2.75, 3.05) is 14.2 Å². The number of rotatable bonds is 4. The molecule has 120 valence electrons. The zero-order valence-electron chi connectivity index (χ0n) is 13.4. The van der Waals surface area contributed by atoms with Gasteiger partial charge in [0.25, 0.3) is 0 Å². The van der Waals surface area contributed by atoms with E-state index in [1.165, 1.54) is 7.11 Å². The molecule has 23 heavy (non-hydrogen) atoms. The summed E-state index contributed by atoms with van der Waals surface area (Å²) >= 11 is 6.41. The average molecular weight is 331 g/mol. The van der Waals surface area contributed by atoms with E-state index in [9.17, 15) is 4.79 Å². The standard InChI is InChI=1S/C19H19ClO3/c1-11-17(12-5-4-6-13(9-12)19(21)23-3)18(11)15-8-7-14(22-2)10-16(15)20/h4-11,17-18H,1-3H3. The molecule has 0 amide bonds. The van der Waals surface area contributed by atoms with Crippen LogP contribution in [0.3, 0.4) is 0 Å². The van der Waals surface area contributed by atoms with Crippen LogP contribution in [-0.4, -0.2) is 20.2 Å². The molecule has 2 aromatic rings. The van der Waals surface area contributed by atoms with Gasteiger partial charge in [-0.05, 0) is 53.1 Å². The topological polar surface area (TPSA) is 35.5 Å². The second-order valence-corrected chi connectivity index (χ2v) is 6.32. The van der Waals surface area contributed by atoms with Gasteiger partial charge in [0.2, 0.25) is 0 Å². The first-order chi connectivity index (χ1) is 11.1. The van der Waals surface area contributed by atoms with Crippen molar-refractivity contribution in [1.82, 2.24) is 0 Å². The van der Waals surface area contributed by atoms with Crippen LogP contribution in [0.2, 0.25) is 5.02 Å². The summed E-state index contributed by atoms with van der Waals surface area (Å²) in [5.41, 5.74) is 2.87. The van der Waals surface area contributed by atoms with Crippen LogP contribution < -0.4 is 4.74 Å². The molecule has 1 aliphatic rings. The zero-order valence-corrected chi connectivity index (χ0v) is 14.1. The van der Waals surface area contributed by atoms with Gasteiger partial charge in [0.15, 0.2) is 0 Å². The van der Waals surface area contributed by atoms with Crippen LogP contribution in [0.15, 0.2) is 42.5 Å². The molecule has 1 saturated carbocycles. The molecular formula is C19H19ClO3. The molecule has 4 heteroatoms. The summed E-state index contributed by atoms with van der Waals surface area (Å²) in [6, 6.07) is 13.5. The maximum absolute atomic E-state index is 11.7. The number of carbonyl (C=O) groups excluding carboxylic acids is 1. The van der Waals surface area contributed by atoms with E-state index in [2.05, 4.69) is 13.0 Å². The number of benzene rings is 2. The van der Waals surface area contributed by atoms with Crippen LogP contribution in [0, 0.1) is 5.92 Å². The summed E-state index contributed by atoms with van der Waals surface area (Å²) < 4.78 is 10.0. The largest absolute Gasteiger partial charge is 0.497 e. The number of carbonyl (C=O) groups is 1. The van der Waals surface area contributed by atoms with Gasteiger partial charge in [-0.15, -0.1) is 0 Å². The van der Waals surface area contributed by atoms with Gasteiger partial charge in [0.1, 0.15) is 5.75 Å². The maximum atomic E-state index is 11.7. The Labute approximate surface area is 141 Å². The highest BCUT2D eigenvalue weighted by Crippen LogP contribution is 2.61. The van der Waals surface area contributed by atoms with E-state index in [0.717, 1.165) is 21.9 Å². The van der Waals surface area contributed by atoms with Crippen LogP contribution >= 0.6 is 11.6 Å². The molecule has 3 atom stereocenters. The Bertz CT molecular complexity index is 741. The third-order valence-electron chi connectivity index (χ3n) is 4.64.